The van der Waals surface area contributed by atoms with Gasteiger partial charge in [0.25, 0.3) is 0 Å². The molecular weight excluding hydrogens is 287 g/mol. The Labute approximate surface area is 131 Å². The van der Waals surface area contributed by atoms with Gasteiger partial charge < -0.3 is 11.8 Å². The van der Waals surface area contributed by atoms with Crippen molar-refractivity contribution in [2.45, 2.75) is 39.5 Å². The SMILES string of the molecule is [CH2-]CCC[CH-]C1=CCN(C(=O)C(C)C)CC1.[Y]. The van der Waals surface area contributed by atoms with Gasteiger partial charge in [-0.05, 0) is 13.0 Å². The summed E-state index contributed by atoms with van der Waals surface area (Å²) in [5.41, 5.74) is 1.40. The molecule has 0 N–H and O–H groups in total. The van der Waals surface area contributed by atoms with E-state index in [4.69, 9.17) is 0 Å². The van der Waals surface area contributed by atoms with Gasteiger partial charge in [0.1, 0.15) is 0 Å². The summed E-state index contributed by atoms with van der Waals surface area (Å²) in [4.78, 5) is 13.7. The Hall–Kier alpha value is 0.184. The third-order valence-electron chi connectivity index (χ3n) is 2.91. The molecule has 0 unspecified atom stereocenters. The Morgan fingerprint density at radius 2 is 2.29 bits per heavy atom. The molecule has 0 saturated heterocycles. The number of rotatable bonds is 5. The molecule has 0 spiro atoms. The van der Waals surface area contributed by atoms with E-state index in [0.29, 0.717) is 0 Å². The standard InChI is InChI=1S/C14H23NO.Y/c1-4-5-6-7-13-8-10-15(11-9-13)14(16)12(2)3;/h7-8,12H,1,4-6,9-11H2,2-3H3;/q-2;. The Balaban J connectivity index is 0.00000256. The van der Waals surface area contributed by atoms with Crippen molar-refractivity contribution in [1.82, 2.24) is 4.90 Å². The molecule has 0 aliphatic carbocycles. The zero-order chi connectivity index (χ0) is 12.0. The van der Waals surface area contributed by atoms with Crippen molar-refractivity contribution in [2.75, 3.05) is 13.1 Å². The van der Waals surface area contributed by atoms with Gasteiger partial charge in [-0.15, -0.1) is 6.42 Å². The van der Waals surface area contributed by atoms with Crippen molar-refractivity contribution < 1.29 is 37.5 Å². The quantitative estimate of drug-likeness (QED) is 0.565. The molecule has 2 nitrogen and oxygen atoms in total. The van der Waals surface area contributed by atoms with Gasteiger partial charge in [-0.25, -0.2) is 18.1 Å². The van der Waals surface area contributed by atoms with E-state index in [0.717, 1.165) is 38.8 Å². The van der Waals surface area contributed by atoms with Gasteiger partial charge in [0.15, 0.2) is 0 Å². The Morgan fingerprint density at radius 3 is 2.76 bits per heavy atom. The molecule has 0 bridgehead atoms. The maximum absolute atomic E-state index is 11.7. The number of hydrogen-bond acceptors (Lipinski definition) is 1. The first-order chi connectivity index (χ1) is 7.65. The summed E-state index contributed by atoms with van der Waals surface area (Å²) in [6.45, 7) is 9.41. The summed E-state index contributed by atoms with van der Waals surface area (Å²) in [5, 5.41) is 0. The van der Waals surface area contributed by atoms with Gasteiger partial charge >= 0.3 is 0 Å². The molecule has 0 saturated carbocycles. The van der Waals surface area contributed by atoms with E-state index in [-0.39, 0.29) is 44.5 Å². The van der Waals surface area contributed by atoms with Gasteiger partial charge in [-0.3, -0.25) is 4.79 Å². The van der Waals surface area contributed by atoms with E-state index in [2.05, 4.69) is 19.4 Å². The van der Waals surface area contributed by atoms with E-state index in [1.807, 2.05) is 18.7 Å². The Morgan fingerprint density at radius 1 is 1.59 bits per heavy atom. The molecule has 1 rings (SSSR count). The van der Waals surface area contributed by atoms with Gasteiger partial charge in [-0.2, -0.15) is 6.42 Å². The molecule has 95 valence electrons. The second kappa shape index (κ2) is 9.16. The fourth-order valence-corrected chi connectivity index (χ4v) is 1.87. The molecule has 0 atom stereocenters. The topological polar surface area (TPSA) is 20.3 Å². The zero-order valence-corrected chi connectivity index (χ0v) is 14.0. The fraction of sp³-hybridized carbons (Fsp3) is 0.643. The maximum Gasteiger partial charge on any atom is 0.224 e. The van der Waals surface area contributed by atoms with Crippen LogP contribution in [0.4, 0.5) is 0 Å². The monoisotopic (exact) mass is 310 g/mol. The van der Waals surface area contributed by atoms with Crippen LogP contribution in [0.3, 0.4) is 0 Å². The van der Waals surface area contributed by atoms with Gasteiger partial charge in [-0.1, -0.05) is 20.3 Å². The molecule has 0 aromatic carbocycles. The first-order valence-electron chi connectivity index (χ1n) is 6.25. The van der Waals surface area contributed by atoms with E-state index >= 15 is 0 Å². The molecule has 1 radical (unpaired) electrons. The molecule has 1 aliphatic heterocycles. The Kier molecular flexibility index (Phi) is 9.26. The summed E-state index contributed by atoms with van der Waals surface area (Å²) in [6, 6.07) is 0. The summed E-state index contributed by atoms with van der Waals surface area (Å²) in [5.74, 6) is 0.387. The van der Waals surface area contributed by atoms with Gasteiger partial charge in [0.05, 0.1) is 0 Å². The van der Waals surface area contributed by atoms with Crippen molar-refractivity contribution in [3.8, 4) is 0 Å². The molecule has 17 heavy (non-hydrogen) atoms. The first kappa shape index (κ1) is 17.2. The average Bonchev–Trinajstić information content (AvgIpc) is 2.29. The molecule has 0 fully saturated rings. The van der Waals surface area contributed by atoms with E-state index in [1.165, 1.54) is 5.57 Å². The maximum atomic E-state index is 11.7. The van der Waals surface area contributed by atoms with E-state index in [1.54, 1.807) is 0 Å². The van der Waals surface area contributed by atoms with Crippen LogP contribution in [0.2, 0.25) is 0 Å². The predicted molar refractivity (Wildman–Crippen MR) is 67.6 cm³/mol. The van der Waals surface area contributed by atoms with Crippen molar-refractivity contribution in [3.05, 3.63) is 25.0 Å². The molecule has 1 heterocycles. The number of amides is 1. The van der Waals surface area contributed by atoms with Crippen LogP contribution in [0.25, 0.3) is 0 Å². The van der Waals surface area contributed by atoms with Crippen LogP contribution in [-0.2, 0) is 37.5 Å². The fourth-order valence-electron chi connectivity index (χ4n) is 1.87. The number of nitrogens with zero attached hydrogens (tertiary/aromatic N) is 1. The van der Waals surface area contributed by atoms with Crippen LogP contribution < -0.4 is 0 Å². The van der Waals surface area contributed by atoms with E-state index < -0.39 is 0 Å². The smallest absolute Gasteiger partial charge is 0.224 e. The summed E-state index contributed by atoms with van der Waals surface area (Å²) >= 11 is 0. The summed E-state index contributed by atoms with van der Waals surface area (Å²) in [6.07, 6.45) is 8.77. The molecule has 1 amide bonds. The number of carbonyl (C=O) groups is 1. The first-order valence-corrected chi connectivity index (χ1v) is 6.25. The number of carbonyl (C=O) groups excluding carboxylic acids is 1. The zero-order valence-electron chi connectivity index (χ0n) is 11.1. The third kappa shape index (κ3) is 6.06. The van der Waals surface area contributed by atoms with Gasteiger partial charge in [0.2, 0.25) is 5.91 Å². The summed E-state index contributed by atoms with van der Waals surface area (Å²) in [7, 11) is 0. The minimum absolute atomic E-state index is 0. The van der Waals surface area contributed by atoms with Crippen LogP contribution in [-0.4, -0.2) is 23.9 Å². The van der Waals surface area contributed by atoms with Crippen molar-refractivity contribution in [1.29, 1.82) is 0 Å². The molecule has 1 aliphatic rings. The van der Waals surface area contributed by atoms with E-state index in [9.17, 15) is 4.79 Å². The molecular formula is C14H23NOY-2. The predicted octanol–water partition coefficient (Wildman–Crippen LogP) is 3.01. The van der Waals surface area contributed by atoms with Crippen LogP contribution in [0.5, 0.6) is 0 Å². The third-order valence-corrected chi connectivity index (χ3v) is 2.91. The summed E-state index contributed by atoms with van der Waals surface area (Å²) < 4.78 is 0. The normalized spacial score (nSPS) is 15.3. The molecule has 3 heteroatoms. The van der Waals surface area contributed by atoms with Crippen molar-refractivity contribution in [3.63, 3.8) is 0 Å². The second-order valence-corrected chi connectivity index (χ2v) is 4.67. The van der Waals surface area contributed by atoms with Crippen LogP contribution in [0, 0.1) is 19.3 Å². The minimum atomic E-state index is 0. The van der Waals surface area contributed by atoms with Crippen LogP contribution in [0.15, 0.2) is 11.6 Å². The largest absolute Gasteiger partial charge is 0.355 e. The average molecular weight is 310 g/mol. The van der Waals surface area contributed by atoms with Crippen molar-refractivity contribution >= 4 is 5.91 Å². The Bertz CT molecular complexity index is 261. The molecule has 0 aromatic heterocycles. The van der Waals surface area contributed by atoms with Crippen LogP contribution in [0.1, 0.15) is 39.5 Å². The van der Waals surface area contributed by atoms with Gasteiger partial charge in [0, 0.05) is 45.2 Å². The number of unbranched alkanes of at least 4 members (excludes halogenated alkanes) is 2. The molecule has 0 aromatic rings. The van der Waals surface area contributed by atoms with Crippen molar-refractivity contribution in [2.24, 2.45) is 5.92 Å². The second-order valence-electron chi connectivity index (χ2n) is 4.67. The van der Waals surface area contributed by atoms with Crippen LogP contribution >= 0.6 is 0 Å². The number of hydrogen-bond donors (Lipinski definition) is 0. The minimum Gasteiger partial charge on any atom is -0.355 e.